The summed E-state index contributed by atoms with van der Waals surface area (Å²) in [7, 11) is 1.70. The molecule has 0 spiro atoms. The molecule has 1 fully saturated rings. The summed E-state index contributed by atoms with van der Waals surface area (Å²) in [5.74, 6) is -1.03. The third-order valence-corrected chi connectivity index (χ3v) is 3.85. The van der Waals surface area contributed by atoms with Gasteiger partial charge in [-0.25, -0.2) is 8.78 Å². The fraction of sp³-hybridized carbons (Fsp3) is 0.500. The van der Waals surface area contributed by atoms with E-state index < -0.39 is 11.6 Å². The van der Waals surface area contributed by atoms with Crippen LogP contribution >= 0.6 is 11.6 Å². The number of benzene rings is 1. The van der Waals surface area contributed by atoms with Gasteiger partial charge in [-0.2, -0.15) is 0 Å². The molecule has 0 heterocycles. The Hall–Kier alpha value is -1.16. The van der Waals surface area contributed by atoms with E-state index in [1.54, 1.807) is 11.9 Å². The van der Waals surface area contributed by atoms with Crippen LogP contribution in [0.4, 0.5) is 8.78 Å². The van der Waals surface area contributed by atoms with Gasteiger partial charge in [0.25, 0.3) is 0 Å². The SMILES string of the molecule is CN(CC1CC(Cl)C1)C(=O)Cc1ccc(F)cc1F. The van der Waals surface area contributed by atoms with Crippen LogP contribution in [0, 0.1) is 17.6 Å². The Kier molecular flexibility index (Phi) is 4.40. The predicted molar refractivity (Wildman–Crippen MR) is 70.1 cm³/mol. The highest BCUT2D eigenvalue weighted by Crippen LogP contribution is 2.32. The number of halogens is 3. The quantitative estimate of drug-likeness (QED) is 0.780. The van der Waals surface area contributed by atoms with Crippen LogP contribution in [-0.2, 0) is 11.2 Å². The van der Waals surface area contributed by atoms with Crippen molar-refractivity contribution in [2.45, 2.75) is 24.6 Å². The van der Waals surface area contributed by atoms with E-state index in [4.69, 9.17) is 11.6 Å². The van der Waals surface area contributed by atoms with Gasteiger partial charge in [0, 0.05) is 25.0 Å². The fourth-order valence-electron chi connectivity index (χ4n) is 2.26. The number of nitrogens with zero attached hydrogens (tertiary/aromatic N) is 1. The number of carbonyl (C=O) groups is 1. The largest absolute Gasteiger partial charge is 0.345 e. The van der Waals surface area contributed by atoms with Crippen LogP contribution in [0.5, 0.6) is 0 Å². The first kappa shape index (κ1) is 14.3. The summed E-state index contributed by atoms with van der Waals surface area (Å²) < 4.78 is 26.2. The molecule has 0 radical (unpaired) electrons. The average Bonchev–Trinajstić information content (AvgIpc) is 2.30. The molecule has 0 aliphatic heterocycles. The lowest BCUT2D eigenvalue weighted by molar-refractivity contribution is -0.130. The molecule has 1 aromatic rings. The maximum Gasteiger partial charge on any atom is 0.226 e. The summed E-state index contributed by atoms with van der Waals surface area (Å²) in [4.78, 5) is 13.5. The Bertz CT molecular complexity index is 475. The van der Waals surface area contributed by atoms with Gasteiger partial charge < -0.3 is 4.90 Å². The second-order valence-corrected chi connectivity index (χ2v) is 5.74. The molecule has 0 unspecified atom stereocenters. The number of rotatable bonds is 4. The Morgan fingerprint density at radius 2 is 2.11 bits per heavy atom. The number of amides is 1. The first-order valence-electron chi connectivity index (χ1n) is 6.27. The van der Waals surface area contributed by atoms with Crippen LogP contribution < -0.4 is 0 Å². The van der Waals surface area contributed by atoms with Crippen LogP contribution in [-0.4, -0.2) is 29.8 Å². The van der Waals surface area contributed by atoms with Crippen molar-refractivity contribution >= 4 is 17.5 Å². The van der Waals surface area contributed by atoms with Gasteiger partial charge in [0.05, 0.1) is 6.42 Å². The zero-order chi connectivity index (χ0) is 14.0. The highest BCUT2D eigenvalue weighted by Gasteiger charge is 2.29. The molecule has 0 atom stereocenters. The molecule has 1 aliphatic rings. The van der Waals surface area contributed by atoms with Gasteiger partial charge in [-0.3, -0.25) is 4.79 Å². The molecular weight excluding hydrogens is 272 g/mol. The molecular formula is C14H16ClF2NO. The van der Waals surface area contributed by atoms with E-state index in [2.05, 4.69) is 0 Å². The molecule has 2 rings (SSSR count). The van der Waals surface area contributed by atoms with Crippen molar-refractivity contribution < 1.29 is 13.6 Å². The monoisotopic (exact) mass is 287 g/mol. The Labute approximate surface area is 116 Å². The van der Waals surface area contributed by atoms with Crippen molar-refractivity contribution in [3.63, 3.8) is 0 Å². The van der Waals surface area contributed by atoms with E-state index in [9.17, 15) is 13.6 Å². The van der Waals surface area contributed by atoms with Gasteiger partial charge in [0.15, 0.2) is 0 Å². The molecule has 0 bridgehead atoms. The number of hydrogen-bond donors (Lipinski definition) is 0. The van der Waals surface area contributed by atoms with Gasteiger partial charge in [-0.1, -0.05) is 6.07 Å². The molecule has 5 heteroatoms. The van der Waals surface area contributed by atoms with Crippen molar-refractivity contribution in [1.29, 1.82) is 0 Å². The molecule has 104 valence electrons. The van der Waals surface area contributed by atoms with E-state index in [1.807, 2.05) is 0 Å². The maximum absolute atomic E-state index is 13.4. The zero-order valence-electron chi connectivity index (χ0n) is 10.7. The van der Waals surface area contributed by atoms with E-state index in [1.165, 1.54) is 6.07 Å². The van der Waals surface area contributed by atoms with Crippen molar-refractivity contribution in [1.82, 2.24) is 4.90 Å². The third-order valence-electron chi connectivity index (χ3n) is 3.49. The minimum Gasteiger partial charge on any atom is -0.345 e. The molecule has 1 amide bonds. The number of carbonyl (C=O) groups excluding carboxylic acids is 1. The van der Waals surface area contributed by atoms with Gasteiger partial charge in [-0.15, -0.1) is 11.6 Å². The van der Waals surface area contributed by atoms with Gasteiger partial charge in [0.1, 0.15) is 11.6 Å². The standard InChI is InChI=1S/C14H16ClF2NO/c1-18(8-9-4-11(15)5-9)14(19)6-10-2-3-12(16)7-13(10)17/h2-3,7,9,11H,4-6,8H2,1H3. The summed E-state index contributed by atoms with van der Waals surface area (Å²) in [6.07, 6.45) is 1.80. The number of alkyl halides is 1. The van der Waals surface area contributed by atoms with Crippen molar-refractivity contribution in [2.75, 3.05) is 13.6 Å². The molecule has 0 saturated heterocycles. The van der Waals surface area contributed by atoms with Crippen molar-refractivity contribution in [3.05, 3.63) is 35.4 Å². The van der Waals surface area contributed by atoms with Crippen LogP contribution in [0.3, 0.4) is 0 Å². The highest BCUT2D eigenvalue weighted by molar-refractivity contribution is 6.21. The van der Waals surface area contributed by atoms with Gasteiger partial charge >= 0.3 is 0 Å². The number of hydrogen-bond acceptors (Lipinski definition) is 1. The second kappa shape index (κ2) is 5.87. The van der Waals surface area contributed by atoms with Gasteiger partial charge in [-0.05, 0) is 30.4 Å². The first-order valence-corrected chi connectivity index (χ1v) is 6.71. The van der Waals surface area contributed by atoms with Crippen LogP contribution in [0.15, 0.2) is 18.2 Å². The Morgan fingerprint density at radius 1 is 1.42 bits per heavy atom. The topological polar surface area (TPSA) is 20.3 Å². The lowest BCUT2D eigenvalue weighted by Crippen LogP contribution is -2.38. The third kappa shape index (κ3) is 3.66. The highest BCUT2D eigenvalue weighted by atomic mass is 35.5. The smallest absolute Gasteiger partial charge is 0.226 e. The normalized spacial score (nSPS) is 21.9. The molecule has 1 saturated carbocycles. The molecule has 0 aromatic heterocycles. The molecule has 2 nitrogen and oxygen atoms in total. The minimum absolute atomic E-state index is 0.0420. The summed E-state index contributed by atoms with van der Waals surface area (Å²) in [5.41, 5.74) is 0.224. The van der Waals surface area contributed by atoms with E-state index in [0.29, 0.717) is 12.5 Å². The van der Waals surface area contributed by atoms with E-state index >= 15 is 0 Å². The predicted octanol–water partition coefficient (Wildman–Crippen LogP) is 2.98. The Balaban J connectivity index is 1.89. The first-order chi connectivity index (χ1) is 8.95. The van der Waals surface area contributed by atoms with Crippen LogP contribution in [0.25, 0.3) is 0 Å². The molecule has 1 aliphatic carbocycles. The minimum atomic E-state index is -0.675. The average molecular weight is 288 g/mol. The molecule has 0 N–H and O–H groups in total. The molecule has 1 aromatic carbocycles. The van der Waals surface area contributed by atoms with E-state index in [-0.39, 0.29) is 23.3 Å². The number of likely N-dealkylation sites (N-methyl/N-ethyl adjacent to an activating group) is 1. The van der Waals surface area contributed by atoms with Crippen molar-refractivity contribution in [3.8, 4) is 0 Å². The zero-order valence-corrected chi connectivity index (χ0v) is 11.5. The van der Waals surface area contributed by atoms with E-state index in [0.717, 1.165) is 25.0 Å². The lowest BCUT2D eigenvalue weighted by atomic mass is 9.84. The lowest BCUT2D eigenvalue weighted by Gasteiger charge is -2.34. The van der Waals surface area contributed by atoms with Gasteiger partial charge in [0.2, 0.25) is 5.91 Å². The summed E-state index contributed by atoms with van der Waals surface area (Å²) in [6, 6.07) is 3.27. The Morgan fingerprint density at radius 3 is 2.68 bits per heavy atom. The fourth-order valence-corrected chi connectivity index (χ4v) is 2.76. The maximum atomic E-state index is 13.4. The summed E-state index contributed by atoms with van der Waals surface area (Å²) in [5, 5.41) is 0.225. The summed E-state index contributed by atoms with van der Waals surface area (Å²) in [6.45, 7) is 0.644. The van der Waals surface area contributed by atoms with Crippen LogP contribution in [0.1, 0.15) is 18.4 Å². The van der Waals surface area contributed by atoms with Crippen LogP contribution in [0.2, 0.25) is 0 Å². The second-order valence-electron chi connectivity index (χ2n) is 5.12. The van der Waals surface area contributed by atoms with Crippen molar-refractivity contribution in [2.24, 2.45) is 5.92 Å². The summed E-state index contributed by atoms with van der Waals surface area (Å²) >= 11 is 5.88. The molecule has 19 heavy (non-hydrogen) atoms.